The monoisotopic (exact) mass is 880 g/mol. The number of ether oxygens (including phenoxy) is 2. The Kier molecular flexibility index (Phi) is 12.8. The Balaban J connectivity index is 0.000000184. The van der Waals surface area contributed by atoms with Gasteiger partial charge < -0.3 is 25.0 Å². The van der Waals surface area contributed by atoms with Crippen molar-refractivity contribution in [3.05, 3.63) is 116 Å². The van der Waals surface area contributed by atoms with Gasteiger partial charge in [0.25, 0.3) is 0 Å². The average molecular weight is 882 g/mol. The van der Waals surface area contributed by atoms with Gasteiger partial charge in [0.2, 0.25) is 17.7 Å². The van der Waals surface area contributed by atoms with Crippen LogP contribution in [0.4, 0.5) is 27.2 Å². The second-order valence-corrected chi connectivity index (χ2v) is 15.0. The van der Waals surface area contributed by atoms with E-state index in [0.717, 1.165) is 12.1 Å². The fraction of sp³-hybridized carbons (Fsp3) is 0.300. The molecule has 4 aliphatic heterocycles. The Morgan fingerprint density at radius 3 is 1.56 bits per heavy atom. The highest BCUT2D eigenvalue weighted by Crippen LogP contribution is 2.33. The third-order valence-corrected chi connectivity index (χ3v) is 10.3. The molecule has 2 aromatic heterocycles. The first kappa shape index (κ1) is 42.6. The second-order valence-electron chi connectivity index (χ2n) is 14.2. The predicted octanol–water partition coefficient (Wildman–Crippen LogP) is 7.01. The van der Waals surface area contributed by atoms with E-state index in [4.69, 9.17) is 43.7 Å². The summed E-state index contributed by atoms with van der Waals surface area (Å²) in [5.74, 6) is -3.15. The molecular formula is C40H34Cl2F4N10O5. The number of amides is 5. The number of nitrogens with zero attached hydrogens (tertiary/aromatic N) is 9. The summed E-state index contributed by atoms with van der Waals surface area (Å²) in [4.78, 5) is 48.5. The van der Waals surface area contributed by atoms with Gasteiger partial charge in [-0.3, -0.25) is 4.79 Å². The number of hydrogen-bond donors (Lipinski definition) is 1. The molecule has 4 aliphatic rings. The molecule has 0 saturated carbocycles. The van der Waals surface area contributed by atoms with Gasteiger partial charge in [0.1, 0.15) is 45.8 Å². The van der Waals surface area contributed by atoms with Crippen molar-refractivity contribution in [3.63, 3.8) is 0 Å². The van der Waals surface area contributed by atoms with Crippen molar-refractivity contribution >= 4 is 53.6 Å². The van der Waals surface area contributed by atoms with E-state index in [1.807, 2.05) is 6.07 Å². The third kappa shape index (κ3) is 10.3. The van der Waals surface area contributed by atoms with Gasteiger partial charge in [-0.15, -0.1) is 0 Å². The summed E-state index contributed by atoms with van der Waals surface area (Å²) in [5.41, 5.74) is 6.44. The molecule has 2 fully saturated rings. The standard InChI is InChI=1S/C20H18ClF2N5O3.C20H16ClF2N5O2/c21-17-7-12(19(24)29)8-18(26-17)31-15-2-4-27(10-15)20(30)28-16(1-3-25-28)11-5-13(22)9-14(23)6-11;21-18-5-12(10-24)6-19(26-18)30-16-2-4-27(11-16)20(29)28-17(1-3-25-28)13-7-14(22)9-15(23)8-13/h3,5-9,15-16H,1-2,4,10H2,(H2,24,29);3,5-9,16-17H,1-2,4,11H2/t15-,16-;16-,17-/m00/s1. The Hall–Kier alpha value is -6.52. The van der Waals surface area contributed by atoms with Crippen molar-refractivity contribution in [2.24, 2.45) is 15.9 Å². The van der Waals surface area contributed by atoms with E-state index in [1.165, 1.54) is 69.7 Å². The molecule has 4 aromatic rings. The van der Waals surface area contributed by atoms with Gasteiger partial charge in [0, 0.05) is 81.0 Å². The van der Waals surface area contributed by atoms with E-state index in [2.05, 4.69) is 20.2 Å². The maximum Gasteiger partial charge on any atom is 0.341 e. The lowest BCUT2D eigenvalue weighted by Gasteiger charge is -2.27. The minimum absolute atomic E-state index is 0.0637. The van der Waals surface area contributed by atoms with Gasteiger partial charge in [-0.2, -0.15) is 15.5 Å². The fourth-order valence-corrected chi connectivity index (χ4v) is 7.59. The average Bonchev–Trinajstić information content (AvgIpc) is 4.05. The smallest absolute Gasteiger partial charge is 0.341 e. The van der Waals surface area contributed by atoms with Gasteiger partial charge in [-0.05, 0) is 47.5 Å². The van der Waals surface area contributed by atoms with Crippen LogP contribution >= 0.6 is 23.2 Å². The molecule has 0 unspecified atom stereocenters. The van der Waals surface area contributed by atoms with Crippen LogP contribution in [0.3, 0.4) is 0 Å². The number of nitrogens with two attached hydrogens (primary N) is 1. The summed E-state index contributed by atoms with van der Waals surface area (Å²) in [6.45, 7) is 1.34. The molecule has 316 valence electrons. The maximum atomic E-state index is 13.6. The molecule has 0 radical (unpaired) electrons. The number of benzene rings is 2. The first-order valence-corrected chi connectivity index (χ1v) is 19.5. The number of rotatable bonds is 7. The van der Waals surface area contributed by atoms with Crippen molar-refractivity contribution in [2.75, 3.05) is 26.2 Å². The topological polar surface area (TPSA) is 183 Å². The third-order valence-electron chi connectivity index (χ3n) is 9.95. The van der Waals surface area contributed by atoms with Gasteiger partial charge in [0.05, 0.1) is 36.8 Å². The first-order valence-electron chi connectivity index (χ1n) is 18.7. The van der Waals surface area contributed by atoms with Gasteiger partial charge in [0.15, 0.2) is 0 Å². The molecule has 15 nitrogen and oxygen atoms in total. The number of likely N-dealkylation sites (tertiary alicyclic amines) is 2. The van der Waals surface area contributed by atoms with E-state index >= 15 is 0 Å². The molecule has 2 N–H and O–H groups in total. The summed E-state index contributed by atoms with van der Waals surface area (Å²) in [6, 6.07) is 12.0. The number of urea groups is 2. The quantitative estimate of drug-likeness (QED) is 0.152. The minimum atomic E-state index is -0.715. The number of halogens is 6. The number of primary amides is 1. The van der Waals surface area contributed by atoms with Gasteiger partial charge >= 0.3 is 12.1 Å². The van der Waals surface area contributed by atoms with Crippen molar-refractivity contribution in [3.8, 4) is 17.8 Å². The lowest BCUT2D eigenvalue weighted by molar-refractivity contribution is 0.0999. The Bertz CT molecular complexity index is 2420. The molecule has 0 bridgehead atoms. The van der Waals surface area contributed by atoms with Crippen molar-refractivity contribution in [2.45, 2.75) is 50.0 Å². The van der Waals surface area contributed by atoms with Crippen LogP contribution in [-0.2, 0) is 0 Å². The molecule has 6 heterocycles. The Labute approximate surface area is 355 Å². The van der Waals surface area contributed by atoms with Crippen LogP contribution in [0.5, 0.6) is 11.8 Å². The van der Waals surface area contributed by atoms with Crippen LogP contribution in [0.1, 0.15) is 64.8 Å². The van der Waals surface area contributed by atoms with Crippen LogP contribution in [0.2, 0.25) is 10.3 Å². The number of hydrogen-bond acceptors (Lipinski definition) is 10. The molecule has 61 heavy (non-hydrogen) atoms. The SMILES string of the molecule is N#Cc1cc(Cl)nc(O[C@H]2CCN(C(=O)N3N=CC[C@H]3c3cc(F)cc(F)c3)C2)c1.NC(=O)c1cc(Cl)nc(O[C@H]2CCN(C(=O)N3N=CC[C@H]3c3cc(F)cc(F)c3)C2)c1. The molecular weight excluding hydrogens is 847 g/mol. The van der Waals surface area contributed by atoms with Crippen LogP contribution in [0.25, 0.3) is 0 Å². The van der Waals surface area contributed by atoms with Gasteiger partial charge in [-0.1, -0.05) is 23.2 Å². The normalized spacial score (nSPS) is 20.4. The Morgan fingerprint density at radius 1 is 0.672 bits per heavy atom. The first-order chi connectivity index (χ1) is 29.2. The lowest BCUT2D eigenvalue weighted by atomic mass is 10.0. The number of hydrazone groups is 2. The molecule has 8 rings (SSSR count). The lowest BCUT2D eigenvalue weighted by Crippen LogP contribution is -2.40. The Morgan fingerprint density at radius 2 is 1.11 bits per heavy atom. The number of nitriles is 1. The van der Waals surface area contributed by atoms with E-state index in [0.29, 0.717) is 55.5 Å². The van der Waals surface area contributed by atoms with Crippen LogP contribution in [0, 0.1) is 34.6 Å². The summed E-state index contributed by atoms with van der Waals surface area (Å²) in [6.07, 6.45) is 4.17. The maximum absolute atomic E-state index is 13.6. The summed E-state index contributed by atoms with van der Waals surface area (Å²) >= 11 is 11.8. The number of carbonyl (C=O) groups excluding carboxylic acids is 3. The largest absolute Gasteiger partial charge is 0.472 e. The van der Waals surface area contributed by atoms with E-state index in [-0.39, 0.29) is 59.0 Å². The highest BCUT2D eigenvalue weighted by molar-refractivity contribution is 6.30. The highest BCUT2D eigenvalue weighted by atomic mass is 35.5. The van der Waals surface area contributed by atoms with Crippen molar-refractivity contribution in [1.82, 2.24) is 29.8 Å². The van der Waals surface area contributed by atoms with Crippen molar-refractivity contribution in [1.29, 1.82) is 5.26 Å². The van der Waals surface area contributed by atoms with Gasteiger partial charge in [-0.25, -0.2) is 47.1 Å². The van der Waals surface area contributed by atoms with E-state index < -0.39 is 47.3 Å². The van der Waals surface area contributed by atoms with Crippen LogP contribution in [-0.4, -0.2) is 98.6 Å². The van der Waals surface area contributed by atoms with Crippen LogP contribution in [0.15, 0.2) is 70.9 Å². The van der Waals surface area contributed by atoms with E-state index in [9.17, 15) is 31.9 Å². The number of carbonyl (C=O) groups is 3. The fourth-order valence-electron chi connectivity index (χ4n) is 7.19. The molecule has 21 heteroatoms. The van der Waals surface area contributed by atoms with Crippen molar-refractivity contribution < 1.29 is 41.4 Å². The van der Waals surface area contributed by atoms with E-state index in [1.54, 1.807) is 11.1 Å². The molecule has 2 saturated heterocycles. The molecule has 2 aromatic carbocycles. The zero-order chi connectivity index (χ0) is 43.4. The predicted molar refractivity (Wildman–Crippen MR) is 212 cm³/mol. The number of aromatic nitrogens is 2. The zero-order valence-electron chi connectivity index (χ0n) is 31.8. The summed E-state index contributed by atoms with van der Waals surface area (Å²) < 4.78 is 66.0. The molecule has 0 spiro atoms. The van der Waals surface area contributed by atoms with Crippen LogP contribution < -0.4 is 15.2 Å². The highest BCUT2D eigenvalue weighted by Gasteiger charge is 2.38. The molecule has 0 aliphatic carbocycles. The zero-order valence-corrected chi connectivity index (χ0v) is 33.3. The summed E-state index contributed by atoms with van der Waals surface area (Å²) in [7, 11) is 0. The molecule has 5 amide bonds. The number of pyridine rings is 2. The molecule has 4 atom stereocenters. The minimum Gasteiger partial charge on any atom is -0.472 e. The second kappa shape index (κ2) is 18.4. The summed E-state index contributed by atoms with van der Waals surface area (Å²) in [5, 5.41) is 19.9.